The standard InChI is InChI=1S/C23H27FN4O3/c1-31-21-4-6-25-9-19(21)23(30)27-10-15-8-17(13-27)20-3-2-16(22(29)28(20)11-15)12-26-7-5-18(24)14-26/h2-4,6,9,15,17-18H,5,7-8,10-14H2,1H3/t15-,17+,18+/m0/s1. The van der Waals surface area contributed by atoms with E-state index in [1.807, 2.05) is 26.5 Å². The molecule has 2 saturated heterocycles. The predicted octanol–water partition coefficient (Wildman–Crippen LogP) is 2.06. The van der Waals surface area contributed by atoms with E-state index in [9.17, 15) is 14.0 Å². The highest BCUT2D eigenvalue weighted by Gasteiger charge is 2.37. The number of ether oxygens (including phenoxy) is 1. The summed E-state index contributed by atoms with van der Waals surface area (Å²) in [5.41, 5.74) is 2.22. The van der Waals surface area contributed by atoms with Gasteiger partial charge in [0.1, 0.15) is 11.9 Å². The number of halogens is 1. The number of aromatic nitrogens is 2. The average Bonchev–Trinajstić information content (AvgIpc) is 3.20. The van der Waals surface area contributed by atoms with Crippen LogP contribution in [0, 0.1) is 5.92 Å². The van der Waals surface area contributed by atoms with Gasteiger partial charge in [0.05, 0.1) is 12.7 Å². The third kappa shape index (κ3) is 3.73. The Labute approximate surface area is 180 Å². The number of methoxy groups -OCH3 is 1. The van der Waals surface area contributed by atoms with Gasteiger partial charge in [0.15, 0.2) is 0 Å². The van der Waals surface area contributed by atoms with Gasteiger partial charge in [0.2, 0.25) is 0 Å². The molecule has 164 valence electrons. The van der Waals surface area contributed by atoms with E-state index in [1.165, 1.54) is 0 Å². The smallest absolute Gasteiger partial charge is 0.259 e. The van der Waals surface area contributed by atoms with Gasteiger partial charge in [0.25, 0.3) is 11.5 Å². The third-order valence-electron chi connectivity index (χ3n) is 6.81. The van der Waals surface area contributed by atoms with E-state index in [0.29, 0.717) is 57.0 Å². The fourth-order valence-electron chi connectivity index (χ4n) is 5.34. The second-order valence-corrected chi connectivity index (χ2v) is 8.91. The van der Waals surface area contributed by atoms with Gasteiger partial charge in [-0.15, -0.1) is 0 Å². The molecule has 0 aromatic carbocycles. The molecule has 3 atom stereocenters. The Morgan fingerprint density at radius 3 is 2.87 bits per heavy atom. The molecule has 31 heavy (non-hydrogen) atoms. The minimum Gasteiger partial charge on any atom is -0.496 e. The number of hydrogen-bond acceptors (Lipinski definition) is 5. The molecule has 2 aromatic rings. The third-order valence-corrected chi connectivity index (χ3v) is 6.81. The fourth-order valence-corrected chi connectivity index (χ4v) is 5.34. The number of carbonyl (C=O) groups is 1. The number of rotatable bonds is 4. The minimum atomic E-state index is -0.790. The number of fused-ring (bicyclic) bond motifs is 4. The zero-order chi connectivity index (χ0) is 21.5. The topological polar surface area (TPSA) is 67.7 Å². The molecule has 8 heteroatoms. The molecule has 0 N–H and O–H groups in total. The Hall–Kier alpha value is -2.74. The van der Waals surface area contributed by atoms with Crippen molar-refractivity contribution in [1.82, 2.24) is 19.4 Å². The van der Waals surface area contributed by atoms with Crippen molar-refractivity contribution in [3.8, 4) is 5.75 Å². The van der Waals surface area contributed by atoms with Crippen LogP contribution in [-0.2, 0) is 13.1 Å². The van der Waals surface area contributed by atoms with Crippen molar-refractivity contribution in [3.63, 3.8) is 0 Å². The van der Waals surface area contributed by atoms with Crippen LogP contribution in [0.1, 0.15) is 40.4 Å². The van der Waals surface area contributed by atoms with Crippen molar-refractivity contribution in [3.05, 3.63) is 57.8 Å². The Balaban J connectivity index is 1.37. The monoisotopic (exact) mass is 426 g/mol. The molecule has 0 spiro atoms. The first-order valence-corrected chi connectivity index (χ1v) is 10.9. The molecule has 5 heterocycles. The highest BCUT2D eigenvalue weighted by molar-refractivity contribution is 5.96. The molecule has 3 aliphatic heterocycles. The van der Waals surface area contributed by atoms with E-state index in [-0.39, 0.29) is 23.3 Å². The highest BCUT2D eigenvalue weighted by atomic mass is 19.1. The van der Waals surface area contributed by atoms with Gasteiger partial charge in [0, 0.05) is 68.8 Å². The van der Waals surface area contributed by atoms with Gasteiger partial charge >= 0.3 is 0 Å². The van der Waals surface area contributed by atoms with E-state index in [2.05, 4.69) is 4.98 Å². The number of hydrogen-bond donors (Lipinski definition) is 0. The molecule has 5 rings (SSSR count). The molecule has 0 radical (unpaired) electrons. The summed E-state index contributed by atoms with van der Waals surface area (Å²) in [6, 6.07) is 5.62. The maximum Gasteiger partial charge on any atom is 0.259 e. The number of amides is 1. The Morgan fingerprint density at radius 2 is 2.10 bits per heavy atom. The van der Waals surface area contributed by atoms with E-state index in [0.717, 1.165) is 17.7 Å². The lowest BCUT2D eigenvalue weighted by atomic mass is 9.82. The van der Waals surface area contributed by atoms with E-state index < -0.39 is 6.17 Å². The Morgan fingerprint density at radius 1 is 1.23 bits per heavy atom. The first-order valence-electron chi connectivity index (χ1n) is 10.9. The largest absolute Gasteiger partial charge is 0.496 e. The summed E-state index contributed by atoms with van der Waals surface area (Å²) in [7, 11) is 1.55. The predicted molar refractivity (Wildman–Crippen MR) is 113 cm³/mol. The number of nitrogens with zero attached hydrogens (tertiary/aromatic N) is 4. The summed E-state index contributed by atoms with van der Waals surface area (Å²) < 4.78 is 20.7. The zero-order valence-electron chi connectivity index (χ0n) is 17.7. The number of piperidine rings is 1. The lowest BCUT2D eigenvalue weighted by Gasteiger charge is -2.43. The normalized spacial score (nSPS) is 25.4. The van der Waals surface area contributed by atoms with Gasteiger partial charge in [-0.25, -0.2) is 4.39 Å². The lowest BCUT2D eigenvalue weighted by molar-refractivity contribution is 0.0590. The molecular formula is C23H27FN4O3. The lowest BCUT2D eigenvalue weighted by Crippen LogP contribution is -2.49. The first kappa shape index (κ1) is 20.2. The SMILES string of the molecule is COc1ccncc1C(=O)N1C[C@@H]2C[C@H](C1)c1ccc(CN3CC[C@@H](F)C3)c(=O)n1C2. The van der Waals surface area contributed by atoms with E-state index in [4.69, 9.17) is 4.74 Å². The molecule has 2 bridgehead atoms. The number of alkyl halides is 1. The maximum absolute atomic E-state index is 13.5. The zero-order valence-corrected chi connectivity index (χ0v) is 17.7. The van der Waals surface area contributed by atoms with Gasteiger partial charge in [-0.2, -0.15) is 0 Å². The van der Waals surface area contributed by atoms with Crippen molar-refractivity contribution in [2.24, 2.45) is 5.92 Å². The van der Waals surface area contributed by atoms with Gasteiger partial charge in [-0.05, 0) is 30.9 Å². The molecule has 2 aromatic heterocycles. The van der Waals surface area contributed by atoms with Gasteiger partial charge in [-0.3, -0.25) is 19.5 Å². The van der Waals surface area contributed by atoms with Crippen molar-refractivity contribution in [2.45, 2.75) is 38.0 Å². The average molecular weight is 426 g/mol. The van der Waals surface area contributed by atoms with Crippen LogP contribution in [0.3, 0.4) is 0 Å². The van der Waals surface area contributed by atoms with Crippen LogP contribution in [0.5, 0.6) is 5.75 Å². The quantitative estimate of drug-likeness (QED) is 0.749. The molecule has 1 amide bonds. The van der Waals surface area contributed by atoms with Crippen LogP contribution in [0.2, 0.25) is 0 Å². The van der Waals surface area contributed by atoms with Crippen LogP contribution in [-0.4, -0.2) is 64.7 Å². The summed E-state index contributed by atoms with van der Waals surface area (Å²) in [4.78, 5) is 34.3. The Kier molecular flexibility index (Phi) is 5.25. The van der Waals surface area contributed by atoms with Crippen LogP contribution in [0.4, 0.5) is 4.39 Å². The number of carbonyl (C=O) groups excluding carboxylic acids is 1. The van der Waals surface area contributed by atoms with Crippen molar-refractivity contribution in [2.75, 3.05) is 33.3 Å². The summed E-state index contributed by atoms with van der Waals surface area (Å²) in [6.45, 7) is 3.39. The van der Waals surface area contributed by atoms with Crippen LogP contribution in [0.15, 0.2) is 35.4 Å². The molecular weight excluding hydrogens is 399 g/mol. The van der Waals surface area contributed by atoms with Crippen molar-refractivity contribution >= 4 is 5.91 Å². The number of pyridine rings is 2. The van der Waals surface area contributed by atoms with Crippen LogP contribution < -0.4 is 10.3 Å². The maximum atomic E-state index is 13.5. The first-order chi connectivity index (χ1) is 15.0. The fraction of sp³-hybridized carbons (Fsp3) is 0.522. The molecule has 0 aliphatic carbocycles. The summed E-state index contributed by atoms with van der Waals surface area (Å²) in [6.07, 6.45) is 3.89. The van der Waals surface area contributed by atoms with Crippen LogP contribution >= 0.6 is 0 Å². The van der Waals surface area contributed by atoms with Crippen molar-refractivity contribution < 1.29 is 13.9 Å². The van der Waals surface area contributed by atoms with Gasteiger partial charge < -0.3 is 14.2 Å². The van der Waals surface area contributed by atoms with Gasteiger partial charge in [-0.1, -0.05) is 6.07 Å². The van der Waals surface area contributed by atoms with Crippen molar-refractivity contribution in [1.29, 1.82) is 0 Å². The molecule has 0 saturated carbocycles. The summed E-state index contributed by atoms with van der Waals surface area (Å²) in [5.74, 6) is 0.798. The Bertz CT molecular complexity index is 1060. The van der Waals surface area contributed by atoms with E-state index in [1.54, 1.807) is 25.6 Å². The molecule has 7 nitrogen and oxygen atoms in total. The number of likely N-dealkylation sites (tertiary alicyclic amines) is 2. The van der Waals surface area contributed by atoms with Crippen LogP contribution in [0.25, 0.3) is 0 Å². The summed E-state index contributed by atoms with van der Waals surface area (Å²) in [5, 5.41) is 0. The summed E-state index contributed by atoms with van der Waals surface area (Å²) >= 11 is 0. The minimum absolute atomic E-state index is 0.0308. The highest BCUT2D eigenvalue weighted by Crippen LogP contribution is 2.36. The van der Waals surface area contributed by atoms with E-state index >= 15 is 0 Å². The molecule has 2 fully saturated rings. The molecule has 3 aliphatic rings. The molecule has 0 unspecified atom stereocenters. The second kappa shape index (κ2) is 8.07. The second-order valence-electron chi connectivity index (χ2n) is 8.91.